The van der Waals surface area contributed by atoms with Crippen LogP contribution in [0.15, 0.2) is 198 Å². The first-order valence-corrected chi connectivity index (χ1v) is 17.1. The summed E-state index contributed by atoms with van der Waals surface area (Å²) in [5, 5.41) is 0. The number of para-hydroxylation sites is 1. The molecular weight excluding hydrogens is 567 g/mol. The second-order valence-electron chi connectivity index (χ2n) is 12.7. The topological polar surface area (TPSA) is 3.24 Å². The standard InChI is InChI=1S/C46H43N/c1-3-39(47(40-23-13-7-14-24-40)41-33-30-37(31-34-41)36-19-9-4-5-10-20-36)32-29-35(2)46(38-21-11-6-12-22-38)44-27-16-8-15-25-42(44)43-26-17-18-28-45(43)46/h3-4,6-9,11-19,21-24,26-30,32-33H,2,5,10,20,25,31,34H2,1H3. The maximum absolute atomic E-state index is 4.87. The molecule has 0 saturated carbocycles. The van der Waals surface area contributed by atoms with Gasteiger partial charge in [0, 0.05) is 17.1 Å². The van der Waals surface area contributed by atoms with E-state index in [-0.39, 0.29) is 0 Å². The van der Waals surface area contributed by atoms with E-state index < -0.39 is 5.41 Å². The molecule has 1 heteroatoms. The number of benzene rings is 3. The predicted octanol–water partition coefficient (Wildman–Crippen LogP) is 12.0. The number of hydrogen-bond donors (Lipinski definition) is 0. The highest BCUT2D eigenvalue weighted by Gasteiger charge is 2.46. The lowest BCUT2D eigenvalue weighted by Gasteiger charge is -2.35. The molecule has 0 spiro atoms. The van der Waals surface area contributed by atoms with E-state index >= 15 is 0 Å². The Bertz CT molecular complexity index is 1930. The highest BCUT2D eigenvalue weighted by atomic mass is 15.2. The first kappa shape index (κ1) is 30.5. The minimum atomic E-state index is -0.481. The molecular formula is C46H43N. The molecule has 4 aliphatic carbocycles. The normalized spacial score (nSPS) is 20.6. The lowest BCUT2D eigenvalue weighted by atomic mass is 9.66. The Morgan fingerprint density at radius 1 is 0.745 bits per heavy atom. The summed E-state index contributed by atoms with van der Waals surface area (Å²) in [5.74, 6) is 0. The molecule has 232 valence electrons. The van der Waals surface area contributed by atoms with Crippen molar-refractivity contribution in [1.82, 2.24) is 0 Å². The zero-order valence-corrected chi connectivity index (χ0v) is 27.4. The summed E-state index contributed by atoms with van der Waals surface area (Å²) in [6.45, 7) is 7.01. The predicted molar refractivity (Wildman–Crippen MR) is 201 cm³/mol. The maximum Gasteiger partial charge on any atom is 0.0704 e. The lowest BCUT2D eigenvalue weighted by Crippen LogP contribution is -2.29. The Hall–Kier alpha value is -5.14. The van der Waals surface area contributed by atoms with Crippen molar-refractivity contribution < 1.29 is 0 Å². The van der Waals surface area contributed by atoms with E-state index in [0.717, 1.165) is 37.0 Å². The number of allylic oxidation sites excluding steroid dienone is 18. The summed E-state index contributed by atoms with van der Waals surface area (Å²) in [4.78, 5) is 2.43. The van der Waals surface area contributed by atoms with E-state index in [1.54, 1.807) is 0 Å². The Morgan fingerprint density at radius 3 is 2.30 bits per heavy atom. The quantitative estimate of drug-likeness (QED) is 0.230. The molecule has 1 nitrogen and oxygen atoms in total. The molecule has 0 amide bonds. The third-order valence-corrected chi connectivity index (χ3v) is 10.0. The summed E-state index contributed by atoms with van der Waals surface area (Å²) < 4.78 is 0. The smallest absolute Gasteiger partial charge is 0.0704 e. The lowest BCUT2D eigenvalue weighted by molar-refractivity contribution is 0.762. The van der Waals surface area contributed by atoms with Gasteiger partial charge in [0.2, 0.25) is 0 Å². The molecule has 4 aliphatic rings. The fourth-order valence-electron chi connectivity index (χ4n) is 7.77. The van der Waals surface area contributed by atoms with Gasteiger partial charge in [0.1, 0.15) is 0 Å². The molecule has 3 aromatic rings. The number of rotatable bonds is 8. The van der Waals surface area contributed by atoms with Gasteiger partial charge in [-0.2, -0.15) is 0 Å². The molecule has 1 unspecified atom stereocenters. The van der Waals surface area contributed by atoms with Crippen LogP contribution < -0.4 is 4.90 Å². The van der Waals surface area contributed by atoms with Crippen molar-refractivity contribution in [2.75, 3.05) is 4.90 Å². The number of nitrogens with zero attached hydrogens (tertiary/aromatic N) is 1. The van der Waals surface area contributed by atoms with Gasteiger partial charge in [0.25, 0.3) is 0 Å². The third kappa shape index (κ3) is 5.72. The Balaban J connectivity index is 1.30. The molecule has 1 atom stereocenters. The molecule has 47 heavy (non-hydrogen) atoms. The van der Waals surface area contributed by atoms with Gasteiger partial charge in [-0.3, -0.25) is 0 Å². The van der Waals surface area contributed by atoms with Crippen molar-refractivity contribution in [2.24, 2.45) is 0 Å². The first-order valence-electron chi connectivity index (χ1n) is 17.1. The van der Waals surface area contributed by atoms with Crippen molar-refractivity contribution in [3.8, 4) is 0 Å². The Kier molecular flexibility index (Phi) is 8.89. The van der Waals surface area contributed by atoms with Gasteiger partial charge in [-0.1, -0.05) is 140 Å². The van der Waals surface area contributed by atoms with Crippen molar-refractivity contribution >= 4 is 11.3 Å². The van der Waals surface area contributed by atoms with Gasteiger partial charge >= 0.3 is 0 Å². The molecule has 0 heterocycles. The van der Waals surface area contributed by atoms with Crippen molar-refractivity contribution in [3.05, 3.63) is 215 Å². The second kappa shape index (κ2) is 13.7. The Morgan fingerprint density at radius 2 is 1.51 bits per heavy atom. The van der Waals surface area contributed by atoms with Crippen LogP contribution in [0, 0.1) is 0 Å². The largest absolute Gasteiger partial charge is 0.315 e. The average molecular weight is 610 g/mol. The summed E-state index contributed by atoms with van der Waals surface area (Å²) in [6.07, 6.45) is 33.8. The monoisotopic (exact) mass is 609 g/mol. The third-order valence-electron chi connectivity index (χ3n) is 10.0. The van der Waals surface area contributed by atoms with Crippen LogP contribution in [0.5, 0.6) is 0 Å². The van der Waals surface area contributed by atoms with Crippen molar-refractivity contribution in [2.45, 2.75) is 50.9 Å². The summed E-state index contributed by atoms with van der Waals surface area (Å²) in [5.41, 5.74) is 13.7. The van der Waals surface area contributed by atoms with E-state index in [1.165, 1.54) is 63.2 Å². The SMILES string of the molecule is C=C(C=CC(=CC)N(C1=CC=C(C2=CC=CCCC2)CC1)c1ccccc1)C1(c2ccccc2)C2=C(CC=CC=C2)c2ccccc21. The molecule has 0 aromatic heterocycles. The van der Waals surface area contributed by atoms with Gasteiger partial charge in [-0.05, 0) is 114 Å². The van der Waals surface area contributed by atoms with E-state index in [4.69, 9.17) is 6.58 Å². The van der Waals surface area contributed by atoms with Crippen LogP contribution >= 0.6 is 0 Å². The first-order chi connectivity index (χ1) is 23.2. The fraction of sp³-hybridized carbons (Fsp3) is 0.174. The molecule has 7 rings (SSSR count). The van der Waals surface area contributed by atoms with Gasteiger partial charge in [0.15, 0.2) is 0 Å². The fourth-order valence-corrected chi connectivity index (χ4v) is 7.77. The maximum atomic E-state index is 4.87. The van der Waals surface area contributed by atoms with Crippen molar-refractivity contribution in [3.63, 3.8) is 0 Å². The Labute approximate surface area is 281 Å². The zero-order valence-electron chi connectivity index (χ0n) is 27.4. The van der Waals surface area contributed by atoms with Crippen LogP contribution in [-0.2, 0) is 5.41 Å². The van der Waals surface area contributed by atoms with Crippen LogP contribution in [0.3, 0.4) is 0 Å². The van der Waals surface area contributed by atoms with Crippen LogP contribution in [0.1, 0.15) is 62.1 Å². The van der Waals surface area contributed by atoms with Crippen molar-refractivity contribution in [1.29, 1.82) is 0 Å². The summed E-state index contributed by atoms with van der Waals surface area (Å²) in [6, 6.07) is 30.6. The number of anilines is 1. The van der Waals surface area contributed by atoms with Gasteiger partial charge < -0.3 is 4.90 Å². The van der Waals surface area contributed by atoms with E-state index in [9.17, 15) is 0 Å². The van der Waals surface area contributed by atoms with Crippen LogP contribution in [0.2, 0.25) is 0 Å². The summed E-state index contributed by atoms with van der Waals surface area (Å²) in [7, 11) is 0. The van der Waals surface area contributed by atoms with Crippen LogP contribution in [0.4, 0.5) is 5.69 Å². The highest BCUT2D eigenvalue weighted by molar-refractivity contribution is 5.88. The molecule has 3 aromatic carbocycles. The minimum Gasteiger partial charge on any atom is -0.315 e. The molecule has 0 bridgehead atoms. The second-order valence-corrected chi connectivity index (χ2v) is 12.7. The van der Waals surface area contributed by atoms with Gasteiger partial charge in [-0.25, -0.2) is 0 Å². The molecule has 0 saturated heterocycles. The van der Waals surface area contributed by atoms with Gasteiger partial charge in [0.05, 0.1) is 5.41 Å². The summed E-state index contributed by atoms with van der Waals surface area (Å²) >= 11 is 0. The van der Waals surface area contributed by atoms with E-state index in [1.807, 2.05) is 0 Å². The molecule has 0 N–H and O–H groups in total. The molecule has 0 fully saturated rings. The zero-order chi connectivity index (χ0) is 32.1. The average Bonchev–Trinajstić information content (AvgIpc) is 3.40. The molecule has 0 radical (unpaired) electrons. The van der Waals surface area contributed by atoms with Crippen LogP contribution in [0.25, 0.3) is 5.57 Å². The van der Waals surface area contributed by atoms with Gasteiger partial charge in [-0.15, -0.1) is 0 Å². The van der Waals surface area contributed by atoms with E-state index in [0.29, 0.717) is 0 Å². The number of fused-ring (bicyclic) bond motifs is 2. The highest BCUT2D eigenvalue weighted by Crippen LogP contribution is 2.56. The number of hydrogen-bond acceptors (Lipinski definition) is 1. The minimum absolute atomic E-state index is 0.481. The van der Waals surface area contributed by atoms with E-state index in [2.05, 4.69) is 170 Å². The van der Waals surface area contributed by atoms with Crippen LogP contribution in [-0.4, -0.2) is 0 Å². The molecule has 0 aliphatic heterocycles.